The minimum atomic E-state index is -0.860. The second-order valence-electron chi connectivity index (χ2n) is 5.02. The molecule has 5 heteroatoms. The van der Waals surface area contributed by atoms with E-state index in [0.717, 1.165) is 11.3 Å². The highest BCUT2D eigenvalue weighted by Crippen LogP contribution is 2.19. The van der Waals surface area contributed by atoms with Gasteiger partial charge in [-0.3, -0.25) is 4.79 Å². The van der Waals surface area contributed by atoms with E-state index in [4.69, 9.17) is 9.47 Å². The van der Waals surface area contributed by atoms with Crippen molar-refractivity contribution in [2.24, 2.45) is 0 Å². The summed E-state index contributed by atoms with van der Waals surface area (Å²) in [5.41, 5.74) is 0.194. The highest BCUT2D eigenvalue weighted by Gasteiger charge is 2.34. The van der Waals surface area contributed by atoms with Crippen molar-refractivity contribution in [2.45, 2.75) is 38.3 Å². The molecule has 0 bridgehead atoms. The Morgan fingerprint density at radius 1 is 1.43 bits per heavy atom. The normalized spacial score (nSPS) is 13.7. The Balaban J connectivity index is 2.46. The van der Waals surface area contributed by atoms with E-state index in [0.29, 0.717) is 32.5 Å². The van der Waals surface area contributed by atoms with Crippen LogP contribution in [0.15, 0.2) is 24.3 Å². The fourth-order valence-corrected chi connectivity index (χ4v) is 2.30. The Bertz CT molecular complexity index is 444. The maximum absolute atomic E-state index is 11.3. The van der Waals surface area contributed by atoms with Crippen LogP contribution in [0, 0.1) is 0 Å². The van der Waals surface area contributed by atoms with Crippen LogP contribution >= 0.6 is 0 Å². The van der Waals surface area contributed by atoms with Crippen molar-refractivity contribution < 1.29 is 19.4 Å². The van der Waals surface area contributed by atoms with E-state index in [2.05, 4.69) is 5.32 Å². The molecule has 1 unspecified atom stereocenters. The summed E-state index contributed by atoms with van der Waals surface area (Å²) < 4.78 is 10.8. The highest BCUT2D eigenvalue weighted by atomic mass is 16.5. The summed E-state index contributed by atoms with van der Waals surface area (Å²) in [4.78, 5) is 11.3. The number of carbonyl (C=O) groups is 1. The molecule has 1 aromatic carbocycles. The van der Waals surface area contributed by atoms with Crippen molar-refractivity contribution >= 4 is 5.97 Å². The van der Waals surface area contributed by atoms with E-state index in [-0.39, 0.29) is 0 Å². The molecule has 0 spiro atoms. The first-order valence-electron chi connectivity index (χ1n) is 7.21. The van der Waals surface area contributed by atoms with Gasteiger partial charge < -0.3 is 19.9 Å². The average Bonchev–Trinajstić information content (AvgIpc) is 2.48. The SMILES string of the molecule is CCC(CCCOc1cccc(COC)c1)(NC)C(=O)O. The zero-order valence-corrected chi connectivity index (χ0v) is 13.0. The topological polar surface area (TPSA) is 67.8 Å². The molecule has 1 atom stereocenters. The summed E-state index contributed by atoms with van der Waals surface area (Å²) >= 11 is 0. The van der Waals surface area contributed by atoms with Crippen LogP contribution < -0.4 is 10.1 Å². The van der Waals surface area contributed by atoms with Gasteiger partial charge in [0.25, 0.3) is 0 Å². The molecule has 21 heavy (non-hydrogen) atoms. The second kappa shape index (κ2) is 8.64. The third-order valence-electron chi connectivity index (χ3n) is 3.72. The molecule has 0 amide bonds. The summed E-state index contributed by atoms with van der Waals surface area (Å²) in [5, 5.41) is 12.2. The molecular formula is C16H25NO4. The number of ether oxygens (including phenoxy) is 2. The van der Waals surface area contributed by atoms with E-state index < -0.39 is 11.5 Å². The molecule has 0 aliphatic carbocycles. The first kappa shape index (κ1) is 17.5. The Morgan fingerprint density at radius 3 is 2.76 bits per heavy atom. The second-order valence-corrected chi connectivity index (χ2v) is 5.02. The molecule has 1 rings (SSSR count). The van der Waals surface area contributed by atoms with Crippen LogP contribution in [0.2, 0.25) is 0 Å². The van der Waals surface area contributed by atoms with E-state index >= 15 is 0 Å². The first-order chi connectivity index (χ1) is 10.1. The van der Waals surface area contributed by atoms with Gasteiger partial charge in [0.1, 0.15) is 11.3 Å². The van der Waals surface area contributed by atoms with Gasteiger partial charge in [0.05, 0.1) is 13.2 Å². The quantitative estimate of drug-likeness (QED) is 0.649. The van der Waals surface area contributed by atoms with Crippen molar-refractivity contribution in [3.05, 3.63) is 29.8 Å². The Morgan fingerprint density at radius 2 is 2.19 bits per heavy atom. The zero-order valence-electron chi connectivity index (χ0n) is 13.0. The summed E-state index contributed by atoms with van der Waals surface area (Å²) in [6, 6.07) is 7.72. The smallest absolute Gasteiger partial charge is 0.323 e. The highest BCUT2D eigenvalue weighted by molar-refractivity contribution is 5.78. The third kappa shape index (κ3) is 5.02. The Hall–Kier alpha value is -1.59. The van der Waals surface area contributed by atoms with Crippen LogP contribution in [0.4, 0.5) is 0 Å². The predicted octanol–water partition coefficient (Wildman–Crippen LogP) is 2.44. The van der Waals surface area contributed by atoms with Gasteiger partial charge in [-0.2, -0.15) is 0 Å². The van der Waals surface area contributed by atoms with Crippen LogP contribution in [-0.2, 0) is 16.1 Å². The van der Waals surface area contributed by atoms with Gasteiger partial charge in [-0.05, 0) is 44.0 Å². The lowest BCUT2D eigenvalue weighted by atomic mass is 9.91. The molecule has 0 saturated carbocycles. The fourth-order valence-electron chi connectivity index (χ4n) is 2.30. The Kier molecular flexibility index (Phi) is 7.19. The first-order valence-corrected chi connectivity index (χ1v) is 7.21. The monoisotopic (exact) mass is 295 g/mol. The molecule has 0 heterocycles. The van der Waals surface area contributed by atoms with Crippen LogP contribution in [0.1, 0.15) is 31.7 Å². The van der Waals surface area contributed by atoms with E-state index in [1.165, 1.54) is 0 Å². The van der Waals surface area contributed by atoms with Crippen molar-refractivity contribution in [1.82, 2.24) is 5.32 Å². The lowest BCUT2D eigenvalue weighted by Gasteiger charge is -2.27. The number of nitrogens with one attached hydrogen (secondary N) is 1. The van der Waals surface area contributed by atoms with Crippen LogP contribution in [0.3, 0.4) is 0 Å². The number of likely N-dealkylation sites (N-methyl/N-ethyl adjacent to an activating group) is 1. The van der Waals surface area contributed by atoms with Gasteiger partial charge in [0, 0.05) is 7.11 Å². The van der Waals surface area contributed by atoms with Gasteiger partial charge >= 0.3 is 5.97 Å². The molecule has 0 radical (unpaired) electrons. The number of hydrogen-bond donors (Lipinski definition) is 2. The fraction of sp³-hybridized carbons (Fsp3) is 0.562. The average molecular weight is 295 g/mol. The summed E-state index contributed by atoms with van der Waals surface area (Å²) in [6.07, 6.45) is 1.75. The predicted molar refractivity (Wildman–Crippen MR) is 81.6 cm³/mol. The number of carboxylic acids is 1. The van der Waals surface area contributed by atoms with E-state index in [1.807, 2.05) is 31.2 Å². The molecule has 118 valence electrons. The van der Waals surface area contributed by atoms with Crippen LogP contribution in [0.25, 0.3) is 0 Å². The van der Waals surface area contributed by atoms with Gasteiger partial charge in [-0.25, -0.2) is 0 Å². The van der Waals surface area contributed by atoms with Crippen molar-refractivity contribution in [2.75, 3.05) is 20.8 Å². The van der Waals surface area contributed by atoms with Crippen molar-refractivity contribution in [1.29, 1.82) is 0 Å². The molecule has 0 aromatic heterocycles. The van der Waals surface area contributed by atoms with E-state index in [9.17, 15) is 9.90 Å². The maximum Gasteiger partial charge on any atom is 0.323 e. The van der Waals surface area contributed by atoms with E-state index in [1.54, 1.807) is 14.2 Å². The van der Waals surface area contributed by atoms with Crippen LogP contribution in [0.5, 0.6) is 5.75 Å². The molecular weight excluding hydrogens is 270 g/mol. The molecule has 0 saturated heterocycles. The molecule has 0 aliphatic rings. The summed E-state index contributed by atoms with van der Waals surface area (Å²) in [5.74, 6) is -0.0268. The van der Waals surface area contributed by atoms with Gasteiger partial charge in [-0.1, -0.05) is 19.1 Å². The van der Waals surface area contributed by atoms with Gasteiger partial charge in [0.15, 0.2) is 0 Å². The van der Waals surface area contributed by atoms with Crippen LogP contribution in [-0.4, -0.2) is 37.4 Å². The minimum absolute atomic E-state index is 0.493. The molecule has 0 fully saturated rings. The molecule has 5 nitrogen and oxygen atoms in total. The number of aliphatic carboxylic acids is 1. The molecule has 1 aromatic rings. The molecule has 2 N–H and O–H groups in total. The lowest BCUT2D eigenvalue weighted by molar-refractivity contribution is -0.145. The number of rotatable bonds is 10. The summed E-state index contributed by atoms with van der Waals surface area (Å²) in [6.45, 7) is 2.92. The molecule has 0 aliphatic heterocycles. The third-order valence-corrected chi connectivity index (χ3v) is 3.72. The van der Waals surface area contributed by atoms with Gasteiger partial charge in [0.2, 0.25) is 0 Å². The number of carboxylic acid groups (broad SMARTS) is 1. The largest absolute Gasteiger partial charge is 0.494 e. The van der Waals surface area contributed by atoms with Crippen molar-refractivity contribution in [3.8, 4) is 5.75 Å². The lowest BCUT2D eigenvalue weighted by Crippen LogP contribution is -2.50. The summed E-state index contributed by atoms with van der Waals surface area (Å²) in [7, 11) is 3.34. The number of hydrogen-bond acceptors (Lipinski definition) is 4. The maximum atomic E-state index is 11.3. The number of benzene rings is 1. The standard InChI is InChI=1S/C16H25NO4/c1-4-16(17-2,15(18)19)9-6-10-21-14-8-5-7-13(11-14)12-20-3/h5,7-8,11,17H,4,6,9-10,12H2,1-3H3,(H,18,19). The minimum Gasteiger partial charge on any atom is -0.494 e. The Labute approximate surface area is 126 Å². The number of methoxy groups -OCH3 is 1. The van der Waals surface area contributed by atoms with Crippen molar-refractivity contribution in [3.63, 3.8) is 0 Å². The van der Waals surface area contributed by atoms with Gasteiger partial charge in [-0.15, -0.1) is 0 Å². The zero-order chi connectivity index (χ0) is 15.7.